The van der Waals surface area contributed by atoms with Crippen molar-refractivity contribution < 1.29 is 51.3 Å². The Kier molecular flexibility index (Phi) is 10.6. The molecule has 0 saturated carbocycles. The summed E-state index contributed by atoms with van der Waals surface area (Å²) in [6.45, 7) is -2.61. The Hall–Kier alpha value is -3.98. The molecule has 1 heterocycles. The van der Waals surface area contributed by atoms with Gasteiger partial charge in [0, 0.05) is 23.7 Å². The molecule has 0 bridgehead atoms. The predicted molar refractivity (Wildman–Crippen MR) is 126 cm³/mol. The molecule has 1 fully saturated rings. The van der Waals surface area contributed by atoms with Crippen LogP contribution in [0, 0.1) is 5.41 Å². The zero-order chi connectivity index (χ0) is 29.5. The topological polar surface area (TPSA) is 166 Å². The van der Waals surface area contributed by atoms with Crippen molar-refractivity contribution in [1.82, 2.24) is 10.2 Å². The van der Waals surface area contributed by atoms with E-state index in [-0.39, 0.29) is 41.2 Å². The lowest BCUT2D eigenvalue weighted by molar-refractivity contribution is -0.192. The second-order valence-corrected chi connectivity index (χ2v) is 8.41. The second kappa shape index (κ2) is 13.2. The number of nitrogens with zero attached hydrogens (tertiary/aromatic N) is 1. The highest BCUT2D eigenvalue weighted by Crippen LogP contribution is 2.29. The van der Waals surface area contributed by atoms with Gasteiger partial charge >= 0.3 is 18.8 Å². The Labute approximate surface area is 222 Å². The molecule has 0 aromatic heterocycles. The number of alkyl halides is 5. The minimum absolute atomic E-state index is 0.0127. The molecule has 1 saturated heterocycles. The van der Waals surface area contributed by atoms with Crippen molar-refractivity contribution in [3.63, 3.8) is 0 Å². The Morgan fingerprint density at radius 2 is 1.77 bits per heavy atom. The number of carbonyl (C=O) groups excluding carboxylic acids is 2. The Bertz CT molecular complexity index is 1210. The number of carboxylic acid groups (broad SMARTS) is 1. The molecule has 6 N–H and O–H groups in total. The fraction of sp³-hybridized carbons (Fsp3) is 0.304. The van der Waals surface area contributed by atoms with Crippen LogP contribution in [0.25, 0.3) is 0 Å². The standard InChI is InChI=1S/C21H21ClF2N4O4.C2HF3O2/c22-14-7-13(8-15(9-14)32-21(23)24)17(29)20(31)28-6-5-16(28)19(30)27-10-11-1-3-12(4-2-11)18(25)26;3-2(4,5)1(6)7/h1-4,7-9,16-17,21,29H,5-6,10H2,(H3,25,26)(H,27,30);(H,6,7)/t16-,17+;/m0./s1. The minimum Gasteiger partial charge on any atom is -0.475 e. The highest BCUT2D eigenvalue weighted by molar-refractivity contribution is 6.30. The minimum atomic E-state index is -5.08. The number of aliphatic carboxylic acids is 1. The Morgan fingerprint density at radius 3 is 2.23 bits per heavy atom. The maximum Gasteiger partial charge on any atom is 0.490 e. The van der Waals surface area contributed by atoms with Gasteiger partial charge in [0.25, 0.3) is 5.91 Å². The molecule has 10 nitrogen and oxygen atoms in total. The van der Waals surface area contributed by atoms with Crippen LogP contribution in [-0.2, 0) is 20.9 Å². The first-order chi connectivity index (χ1) is 18.1. The predicted octanol–water partition coefficient (Wildman–Crippen LogP) is 2.81. The summed E-state index contributed by atoms with van der Waals surface area (Å²) in [6, 6.07) is 9.52. The maximum atomic E-state index is 12.7. The van der Waals surface area contributed by atoms with Gasteiger partial charge in [0.05, 0.1) is 0 Å². The number of hydrogen-bond acceptors (Lipinski definition) is 6. The molecule has 16 heteroatoms. The smallest absolute Gasteiger partial charge is 0.475 e. The molecule has 3 rings (SSSR count). The van der Waals surface area contributed by atoms with E-state index in [0.29, 0.717) is 12.0 Å². The molecule has 0 unspecified atom stereocenters. The third-order valence-electron chi connectivity index (χ3n) is 5.25. The van der Waals surface area contributed by atoms with Gasteiger partial charge in [-0.05, 0) is 35.7 Å². The van der Waals surface area contributed by atoms with Gasteiger partial charge in [-0.25, -0.2) is 4.79 Å². The molecule has 1 aliphatic rings. The summed E-state index contributed by atoms with van der Waals surface area (Å²) in [5.41, 5.74) is 6.73. The number of nitrogen functional groups attached to an aromatic ring is 1. The van der Waals surface area contributed by atoms with Crippen LogP contribution >= 0.6 is 11.6 Å². The van der Waals surface area contributed by atoms with E-state index < -0.39 is 36.8 Å². The molecule has 0 radical (unpaired) electrons. The van der Waals surface area contributed by atoms with E-state index in [0.717, 1.165) is 17.7 Å². The number of aliphatic hydroxyl groups is 1. The number of ether oxygens (including phenoxy) is 1. The first-order valence-corrected chi connectivity index (χ1v) is 11.2. The highest BCUT2D eigenvalue weighted by Gasteiger charge is 2.40. The van der Waals surface area contributed by atoms with Gasteiger partial charge in [0.15, 0.2) is 6.10 Å². The zero-order valence-corrected chi connectivity index (χ0v) is 20.5. The number of amidine groups is 1. The van der Waals surface area contributed by atoms with Gasteiger partial charge in [0.2, 0.25) is 5.91 Å². The van der Waals surface area contributed by atoms with Crippen LogP contribution in [0.5, 0.6) is 5.75 Å². The quantitative estimate of drug-likeness (QED) is 0.182. The number of nitrogens with two attached hydrogens (primary N) is 1. The molecular weight excluding hydrogens is 559 g/mol. The number of benzene rings is 2. The molecule has 2 amide bonds. The van der Waals surface area contributed by atoms with E-state index in [2.05, 4.69) is 10.1 Å². The van der Waals surface area contributed by atoms with Gasteiger partial charge in [-0.2, -0.15) is 22.0 Å². The summed E-state index contributed by atoms with van der Waals surface area (Å²) in [4.78, 5) is 35.3. The summed E-state index contributed by atoms with van der Waals surface area (Å²) in [5, 5.41) is 27.7. The van der Waals surface area contributed by atoms with Crippen molar-refractivity contribution in [1.29, 1.82) is 5.41 Å². The highest BCUT2D eigenvalue weighted by atomic mass is 35.5. The van der Waals surface area contributed by atoms with E-state index in [1.165, 1.54) is 11.0 Å². The average Bonchev–Trinajstić information content (AvgIpc) is 2.80. The number of amides is 2. The van der Waals surface area contributed by atoms with E-state index in [4.69, 9.17) is 32.6 Å². The van der Waals surface area contributed by atoms with E-state index in [9.17, 15) is 36.6 Å². The Balaban J connectivity index is 0.000000673. The third kappa shape index (κ3) is 9.07. The number of carbonyl (C=O) groups is 3. The molecule has 212 valence electrons. The van der Waals surface area contributed by atoms with Gasteiger partial charge < -0.3 is 30.9 Å². The summed E-state index contributed by atoms with van der Waals surface area (Å²) in [5.74, 6) is -4.24. The van der Waals surface area contributed by atoms with Crippen LogP contribution in [0.15, 0.2) is 42.5 Å². The van der Waals surface area contributed by atoms with Gasteiger partial charge in [-0.1, -0.05) is 35.9 Å². The van der Waals surface area contributed by atoms with Crippen LogP contribution in [0.3, 0.4) is 0 Å². The summed E-state index contributed by atoms with van der Waals surface area (Å²) < 4.78 is 60.9. The molecule has 0 aliphatic carbocycles. The molecule has 39 heavy (non-hydrogen) atoms. The number of halogens is 6. The molecule has 2 aromatic rings. The lowest BCUT2D eigenvalue weighted by Crippen LogP contribution is -2.59. The van der Waals surface area contributed by atoms with Crippen LogP contribution in [-0.4, -0.2) is 64.1 Å². The zero-order valence-electron chi connectivity index (χ0n) is 19.7. The van der Waals surface area contributed by atoms with Crippen molar-refractivity contribution in [2.75, 3.05) is 6.54 Å². The summed E-state index contributed by atoms with van der Waals surface area (Å²) in [7, 11) is 0. The normalized spacial score (nSPS) is 15.4. The van der Waals surface area contributed by atoms with Crippen LogP contribution in [0.2, 0.25) is 5.02 Å². The van der Waals surface area contributed by atoms with Gasteiger partial charge in [-0.15, -0.1) is 0 Å². The van der Waals surface area contributed by atoms with Crippen LogP contribution < -0.4 is 15.8 Å². The molecular formula is C23H22ClF5N4O6. The van der Waals surface area contributed by atoms with Crippen LogP contribution in [0.4, 0.5) is 22.0 Å². The number of rotatable bonds is 8. The number of nitrogens with one attached hydrogen (secondary N) is 2. The summed E-state index contributed by atoms with van der Waals surface area (Å²) in [6.07, 6.45) is -6.36. The molecule has 0 spiro atoms. The molecule has 1 aliphatic heterocycles. The van der Waals surface area contributed by atoms with Gasteiger partial charge in [-0.3, -0.25) is 15.0 Å². The van der Waals surface area contributed by atoms with Crippen molar-refractivity contribution in [3.05, 3.63) is 64.2 Å². The lowest BCUT2D eigenvalue weighted by atomic mass is 9.98. The fourth-order valence-electron chi connectivity index (χ4n) is 3.25. The SMILES string of the molecule is N=C(N)c1ccc(CNC(=O)[C@@H]2CCN2C(=O)[C@H](O)c2cc(Cl)cc(OC(F)F)c2)cc1.O=C(O)C(F)(F)F. The first-order valence-electron chi connectivity index (χ1n) is 10.8. The fourth-order valence-corrected chi connectivity index (χ4v) is 3.48. The van der Waals surface area contributed by atoms with Crippen molar-refractivity contribution in [3.8, 4) is 5.75 Å². The van der Waals surface area contributed by atoms with E-state index >= 15 is 0 Å². The molecule has 2 aromatic carbocycles. The largest absolute Gasteiger partial charge is 0.490 e. The number of hydrogen-bond donors (Lipinski definition) is 5. The van der Waals surface area contributed by atoms with Gasteiger partial charge in [0.1, 0.15) is 17.6 Å². The van der Waals surface area contributed by atoms with E-state index in [1.54, 1.807) is 24.3 Å². The molecule has 2 atom stereocenters. The average molecular weight is 581 g/mol. The van der Waals surface area contributed by atoms with Crippen molar-refractivity contribution in [2.24, 2.45) is 5.73 Å². The van der Waals surface area contributed by atoms with Crippen molar-refractivity contribution in [2.45, 2.75) is 37.9 Å². The van der Waals surface area contributed by atoms with Crippen molar-refractivity contribution >= 4 is 35.2 Å². The number of likely N-dealkylation sites (tertiary alicyclic amines) is 1. The summed E-state index contributed by atoms with van der Waals surface area (Å²) >= 11 is 5.87. The maximum absolute atomic E-state index is 12.7. The Morgan fingerprint density at radius 1 is 1.18 bits per heavy atom. The van der Waals surface area contributed by atoms with E-state index in [1.807, 2.05) is 0 Å². The number of carboxylic acids is 1. The first kappa shape index (κ1) is 31.2. The lowest BCUT2D eigenvalue weighted by Gasteiger charge is -2.40. The monoisotopic (exact) mass is 580 g/mol. The second-order valence-electron chi connectivity index (χ2n) is 7.97. The number of aliphatic hydroxyl groups excluding tert-OH is 1. The third-order valence-corrected chi connectivity index (χ3v) is 5.47. The van der Waals surface area contributed by atoms with Crippen LogP contribution in [0.1, 0.15) is 29.2 Å².